The molecule has 4 rings (SSSR count). The number of ether oxygens (including phenoxy) is 2. The van der Waals surface area contributed by atoms with Gasteiger partial charge in [0, 0.05) is 11.3 Å². The van der Waals surface area contributed by atoms with Crippen molar-refractivity contribution in [3.05, 3.63) is 23.8 Å². The Labute approximate surface area is 163 Å². The molecule has 4 heteroatoms. The van der Waals surface area contributed by atoms with E-state index in [2.05, 4.69) is 26.5 Å². The second-order valence-electron chi connectivity index (χ2n) is 10.3. The first-order chi connectivity index (χ1) is 12.6. The third kappa shape index (κ3) is 2.87. The van der Waals surface area contributed by atoms with Crippen LogP contribution in [-0.4, -0.2) is 41.4 Å². The third-order valence-corrected chi connectivity index (χ3v) is 8.43. The van der Waals surface area contributed by atoms with Crippen LogP contribution < -0.4 is 0 Å². The van der Waals surface area contributed by atoms with Crippen LogP contribution in [-0.2, 0) is 9.47 Å². The van der Waals surface area contributed by atoms with Crippen LogP contribution >= 0.6 is 0 Å². The Morgan fingerprint density at radius 1 is 1.19 bits per heavy atom. The molecule has 0 spiro atoms. The molecule has 3 aliphatic carbocycles. The lowest BCUT2D eigenvalue weighted by atomic mass is 9.45. The van der Waals surface area contributed by atoms with Crippen LogP contribution in [0.2, 0.25) is 0 Å². The van der Waals surface area contributed by atoms with Gasteiger partial charge in [0.2, 0.25) is 0 Å². The van der Waals surface area contributed by atoms with Gasteiger partial charge in [-0.05, 0) is 74.3 Å². The Bertz CT molecular complexity index is 653. The van der Waals surface area contributed by atoms with Gasteiger partial charge < -0.3 is 19.7 Å². The monoisotopic (exact) mass is 376 g/mol. The van der Waals surface area contributed by atoms with Crippen molar-refractivity contribution in [2.75, 3.05) is 13.2 Å². The van der Waals surface area contributed by atoms with Gasteiger partial charge in [0.05, 0.1) is 25.4 Å². The smallest absolute Gasteiger partial charge is 0.163 e. The van der Waals surface area contributed by atoms with E-state index in [9.17, 15) is 10.2 Å². The molecule has 2 N–H and O–H groups in total. The summed E-state index contributed by atoms with van der Waals surface area (Å²) in [5.41, 5.74) is 2.14. The summed E-state index contributed by atoms with van der Waals surface area (Å²) in [5, 5.41) is 20.5. The Hall–Kier alpha value is -0.680. The highest BCUT2D eigenvalue weighted by molar-refractivity contribution is 5.29. The average molecular weight is 377 g/mol. The van der Waals surface area contributed by atoms with Crippen molar-refractivity contribution in [3.8, 4) is 0 Å². The van der Waals surface area contributed by atoms with Gasteiger partial charge in [0.15, 0.2) is 5.79 Å². The topological polar surface area (TPSA) is 58.9 Å². The first-order valence-corrected chi connectivity index (χ1v) is 10.6. The summed E-state index contributed by atoms with van der Waals surface area (Å²) in [6.45, 7) is 13.5. The molecule has 4 nitrogen and oxygen atoms in total. The summed E-state index contributed by atoms with van der Waals surface area (Å²) in [5.74, 6) is 0.402. The van der Waals surface area contributed by atoms with Crippen LogP contribution in [0.4, 0.5) is 0 Å². The van der Waals surface area contributed by atoms with Crippen molar-refractivity contribution in [2.45, 2.75) is 77.8 Å². The summed E-state index contributed by atoms with van der Waals surface area (Å²) in [4.78, 5) is 0. The predicted octanol–water partition coefficient (Wildman–Crippen LogP) is 3.83. The zero-order chi connectivity index (χ0) is 19.6. The highest BCUT2D eigenvalue weighted by Crippen LogP contribution is 2.64. The Balaban J connectivity index is 1.65. The quantitative estimate of drug-likeness (QED) is 0.719. The molecule has 1 saturated heterocycles. The molecule has 7 atom stereocenters. The largest absolute Gasteiger partial charge is 0.392 e. The van der Waals surface area contributed by atoms with Gasteiger partial charge in [-0.1, -0.05) is 26.5 Å². The molecule has 0 aromatic heterocycles. The van der Waals surface area contributed by atoms with Crippen molar-refractivity contribution in [1.29, 1.82) is 0 Å². The SMILES string of the molecule is C=C(CO)[C@H]1CC[C@H]2C(=CC[C@@H]3[C@]2(C)CC[C@H]2OC(C)(C)OC[C@]32C)[C@@H]1O. The van der Waals surface area contributed by atoms with Gasteiger partial charge in [0.25, 0.3) is 0 Å². The van der Waals surface area contributed by atoms with Crippen molar-refractivity contribution in [2.24, 2.45) is 28.6 Å². The molecule has 152 valence electrons. The summed E-state index contributed by atoms with van der Waals surface area (Å²) in [6, 6.07) is 0. The van der Waals surface area contributed by atoms with E-state index in [4.69, 9.17) is 9.47 Å². The molecule has 0 radical (unpaired) electrons. The first kappa shape index (κ1) is 19.6. The van der Waals surface area contributed by atoms with E-state index >= 15 is 0 Å². The van der Waals surface area contributed by atoms with E-state index < -0.39 is 11.9 Å². The molecule has 0 aromatic carbocycles. The number of aliphatic hydroxyl groups excluding tert-OH is 2. The Morgan fingerprint density at radius 3 is 2.63 bits per heavy atom. The summed E-state index contributed by atoms with van der Waals surface area (Å²) >= 11 is 0. The molecule has 1 aliphatic heterocycles. The standard InChI is InChI=1S/C23H36O4/c1-14(12-24)15-6-8-17-16(20(15)25)7-9-18-22(17,4)11-10-19-23(18,5)13-26-21(2,3)27-19/h7,15,17-20,24-25H,1,6,8-13H2,2-5H3/t15-,17+,18-,19-,20-,22-,23-/m1/s1. The molecule has 1 heterocycles. The summed E-state index contributed by atoms with van der Waals surface area (Å²) < 4.78 is 12.5. The fourth-order valence-corrected chi connectivity index (χ4v) is 6.85. The minimum atomic E-state index is -0.496. The number of rotatable bonds is 2. The molecular weight excluding hydrogens is 340 g/mol. The molecule has 27 heavy (non-hydrogen) atoms. The van der Waals surface area contributed by atoms with Crippen LogP contribution in [0.5, 0.6) is 0 Å². The van der Waals surface area contributed by atoms with Gasteiger partial charge in [-0.15, -0.1) is 0 Å². The van der Waals surface area contributed by atoms with E-state index in [1.165, 1.54) is 5.57 Å². The Kier molecular flexibility index (Phi) is 4.66. The van der Waals surface area contributed by atoms with Crippen LogP contribution in [0.3, 0.4) is 0 Å². The highest BCUT2D eigenvalue weighted by atomic mass is 16.7. The van der Waals surface area contributed by atoms with Gasteiger partial charge in [-0.25, -0.2) is 0 Å². The molecule has 0 bridgehead atoms. The minimum Gasteiger partial charge on any atom is -0.392 e. The number of aliphatic hydroxyl groups is 2. The molecule has 4 aliphatic rings. The molecule has 0 amide bonds. The van der Waals surface area contributed by atoms with Gasteiger partial charge in [-0.3, -0.25) is 0 Å². The summed E-state index contributed by atoms with van der Waals surface area (Å²) in [6.07, 6.45) is 7.17. The second kappa shape index (κ2) is 6.41. The van der Waals surface area contributed by atoms with E-state index in [1.54, 1.807) is 0 Å². The maximum atomic E-state index is 11.0. The van der Waals surface area contributed by atoms with Crippen molar-refractivity contribution in [1.82, 2.24) is 0 Å². The van der Waals surface area contributed by atoms with Gasteiger partial charge >= 0.3 is 0 Å². The van der Waals surface area contributed by atoms with Crippen LogP contribution in [0.1, 0.15) is 59.8 Å². The molecular formula is C23H36O4. The van der Waals surface area contributed by atoms with Crippen LogP contribution in [0, 0.1) is 28.6 Å². The lowest BCUT2D eigenvalue weighted by molar-refractivity contribution is -0.343. The zero-order valence-electron chi connectivity index (χ0n) is 17.3. The predicted molar refractivity (Wildman–Crippen MR) is 105 cm³/mol. The van der Waals surface area contributed by atoms with Crippen LogP contribution in [0.25, 0.3) is 0 Å². The molecule has 0 unspecified atom stereocenters. The summed E-state index contributed by atoms with van der Waals surface area (Å²) in [7, 11) is 0. The van der Waals surface area contributed by atoms with Crippen LogP contribution in [0.15, 0.2) is 23.8 Å². The van der Waals surface area contributed by atoms with E-state index in [0.717, 1.165) is 44.3 Å². The minimum absolute atomic E-state index is 0.00766. The fraction of sp³-hybridized carbons (Fsp3) is 0.826. The number of hydrogen-bond acceptors (Lipinski definition) is 4. The average Bonchev–Trinajstić information content (AvgIpc) is 2.62. The Morgan fingerprint density at radius 2 is 1.93 bits per heavy atom. The molecule has 3 fully saturated rings. The van der Waals surface area contributed by atoms with E-state index in [-0.39, 0.29) is 29.5 Å². The maximum absolute atomic E-state index is 11.0. The molecule has 0 aromatic rings. The first-order valence-electron chi connectivity index (χ1n) is 10.6. The molecule has 2 saturated carbocycles. The van der Waals surface area contributed by atoms with Gasteiger partial charge in [0.1, 0.15) is 0 Å². The number of fused-ring (bicyclic) bond motifs is 5. The van der Waals surface area contributed by atoms with Gasteiger partial charge in [-0.2, -0.15) is 0 Å². The van der Waals surface area contributed by atoms with E-state index in [1.807, 2.05) is 13.8 Å². The van der Waals surface area contributed by atoms with E-state index in [0.29, 0.717) is 11.8 Å². The maximum Gasteiger partial charge on any atom is 0.163 e. The normalized spacial score (nSPS) is 48.7. The van der Waals surface area contributed by atoms with Crippen molar-refractivity contribution in [3.63, 3.8) is 0 Å². The lowest BCUT2D eigenvalue weighted by Crippen LogP contribution is -2.63. The third-order valence-electron chi connectivity index (χ3n) is 8.43. The fourth-order valence-electron chi connectivity index (χ4n) is 6.85. The highest BCUT2D eigenvalue weighted by Gasteiger charge is 2.61. The second-order valence-corrected chi connectivity index (χ2v) is 10.3. The zero-order valence-corrected chi connectivity index (χ0v) is 17.3. The van der Waals surface area contributed by atoms with Crippen molar-refractivity contribution < 1.29 is 19.7 Å². The number of allylic oxidation sites excluding steroid dienone is 1. The number of hydrogen-bond donors (Lipinski definition) is 2. The lowest BCUT2D eigenvalue weighted by Gasteiger charge is -2.64. The van der Waals surface area contributed by atoms with Crippen molar-refractivity contribution >= 4 is 0 Å².